The zero-order valence-corrected chi connectivity index (χ0v) is 15.8. The van der Waals surface area contributed by atoms with Gasteiger partial charge in [-0.15, -0.1) is 0 Å². The molecule has 6 heteroatoms. The molecule has 0 amide bonds. The number of piperidine rings is 1. The zero-order valence-electron chi connectivity index (χ0n) is 15.8. The van der Waals surface area contributed by atoms with Crippen molar-refractivity contribution >= 4 is 5.71 Å². The number of benzene rings is 1. The van der Waals surface area contributed by atoms with E-state index in [-0.39, 0.29) is 0 Å². The van der Waals surface area contributed by atoms with Crippen LogP contribution in [0.5, 0.6) is 5.75 Å². The zero-order chi connectivity index (χ0) is 18.5. The van der Waals surface area contributed by atoms with Gasteiger partial charge in [-0.25, -0.2) is 0 Å². The number of allylic oxidation sites excluding steroid dienone is 1. The predicted octanol–water partition coefficient (Wildman–Crippen LogP) is 2.51. The summed E-state index contributed by atoms with van der Waals surface area (Å²) in [5.74, 6) is 0.458. The standard InChI is InChI=1S/C21H27N3O3/c1-20(25)8-7-18(22-23-20)15-5-6-19-16(13-15)14-26-21(27-19)9-11-24(12-10-21)17-3-2-4-17/h5-8,13,17,23,25H,2-4,9-12,14H2,1H3. The molecule has 1 atom stereocenters. The van der Waals surface area contributed by atoms with Crippen molar-refractivity contribution in [2.75, 3.05) is 13.1 Å². The van der Waals surface area contributed by atoms with Crippen molar-refractivity contribution < 1.29 is 14.6 Å². The molecule has 1 saturated heterocycles. The summed E-state index contributed by atoms with van der Waals surface area (Å²) in [7, 11) is 0. The van der Waals surface area contributed by atoms with Crippen molar-refractivity contribution in [3.63, 3.8) is 0 Å². The molecule has 0 radical (unpaired) electrons. The highest BCUT2D eigenvalue weighted by molar-refractivity contribution is 6.09. The lowest BCUT2D eigenvalue weighted by Gasteiger charge is -2.47. The summed E-state index contributed by atoms with van der Waals surface area (Å²) in [6, 6.07) is 6.90. The Bertz CT molecular complexity index is 790. The molecule has 1 aliphatic carbocycles. The van der Waals surface area contributed by atoms with Crippen LogP contribution >= 0.6 is 0 Å². The normalized spacial score (nSPS) is 30.1. The fourth-order valence-corrected chi connectivity index (χ4v) is 4.27. The van der Waals surface area contributed by atoms with Gasteiger partial charge in [-0.3, -0.25) is 10.3 Å². The van der Waals surface area contributed by atoms with Crippen molar-refractivity contribution in [1.82, 2.24) is 10.3 Å². The molecule has 0 bridgehead atoms. The molecule has 1 spiro atoms. The Morgan fingerprint density at radius 2 is 2.07 bits per heavy atom. The molecule has 5 rings (SSSR count). The Labute approximate surface area is 159 Å². The quantitative estimate of drug-likeness (QED) is 0.839. The molecule has 1 unspecified atom stereocenters. The van der Waals surface area contributed by atoms with Crippen LogP contribution in [0.4, 0.5) is 0 Å². The van der Waals surface area contributed by atoms with Crippen LogP contribution < -0.4 is 10.2 Å². The summed E-state index contributed by atoms with van der Waals surface area (Å²) < 4.78 is 12.6. The van der Waals surface area contributed by atoms with Gasteiger partial charge in [-0.05, 0) is 50.1 Å². The molecule has 2 N–H and O–H groups in total. The summed E-state index contributed by atoms with van der Waals surface area (Å²) in [4.78, 5) is 2.61. The lowest BCUT2D eigenvalue weighted by atomic mass is 9.89. The average Bonchev–Trinajstić information content (AvgIpc) is 2.62. The predicted molar refractivity (Wildman–Crippen MR) is 102 cm³/mol. The molecule has 4 aliphatic rings. The second-order valence-corrected chi connectivity index (χ2v) is 8.33. The van der Waals surface area contributed by atoms with Crippen LogP contribution in [-0.4, -0.2) is 46.4 Å². The first-order chi connectivity index (χ1) is 13.0. The third kappa shape index (κ3) is 3.26. The van der Waals surface area contributed by atoms with Crippen molar-refractivity contribution in [3.8, 4) is 5.75 Å². The summed E-state index contributed by atoms with van der Waals surface area (Å²) in [6.45, 7) is 4.35. The van der Waals surface area contributed by atoms with E-state index in [1.165, 1.54) is 19.3 Å². The number of nitrogens with one attached hydrogen (secondary N) is 1. The molecule has 6 nitrogen and oxygen atoms in total. The van der Waals surface area contributed by atoms with Crippen LogP contribution in [0.1, 0.15) is 50.2 Å². The van der Waals surface area contributed by atoms with Crippen molar-refractivity contribution in [2.24, 2.45) is 5.10 Å². The average molecular weight is 369 g/mol. The van der Waals surface area contributed by atoms with Gasteiger partial charge >= 0.3 is 0 Å². The van der Waals surface area contributed by atoms with Crippen LogP contribution in [0.25, 0.3) is 0 Å². The minimum absolute atomic E-state index is 0.461. The Morgan fingerprint density at radius 1 is 1.26 bits per heavy atom. The van der Waals surface area contributed by atoms with Crippen LogP contribution in [0.2, 0.25) is 0 Å². The Morgan fingerprint density at radius 3 is 2.74 bits per heavy atom. The molecule has 3 aliphatic heterocycles. The van der Waals surface area contributed by atoms with E-state index in [4.69, 9.17) is 9.47 Å². The molecule has 27 heavy (non-hydrogen) atoms. The first-order valence-corrected chi connectivity index (χ1v) is 9.99. The lowest BCUT2D eigenvalue weighted by Crippen LogP contribution is -2.54. The van der Waals surface area contributed by atoms with Gasteiger partial charge in [-0.2, -0.15) is 5.10 Å². The van der Waals surface area contributed by atoms with Crippen LogP contribution in [-0.2, 0) is 11.3 Å². The Hall–Kier alpha value is -1.89. The van der Waals surface area contributed by atoms with Gasteiger partial charge < -0.3 is 14.6 Å². The second-order valence-electron chi connectivity index (χ2n) is 8.33. The molecular formula is C21H27N3O3. The second kappa shape index (κ2) is 6.33. The highest BCUT2D eigenvalue weighted by Gasteiger charge is 2.42. The van der Waals surface area contributed by atoms with E-state index < -0.39 is 11.5 Å². The highest BCUT2D eigenvalue weighted by atomic mass is 16.7. The maximum Gasteiger partial charge on any atom is 0.213 e. The van der Waals surface area contributed by atoms with Gasteiger partial charge in [0.1, 0.15) is 5.75 Å². The van der Waals surface area contributed by atoms with Crippen LogP contribution in [0.3, 0.4) is 0 Å². The van der Waals surface area contributed by atoms with E-state index in [1.54, 1.807) is 13.0 Å². The van der Waals surface area contributed by atoms with Gasteiger partial charge in [-0.1, -0.05) is 6.42 Å². The first-order valence-electron chi connectivity index (χ1n) is 9.99. The number of aliphatic hydroxyl groups is 1. The van der Waals surface area contributed by atoms with Gasteiger partial charge in [0.2, 0.25) is 5.79 Å². The fourth-order valence-electron chi connectivity index (χ4n) is 4.27. The Kier molecular flexibility index (Phi) is 4.04. The lowest BCUT2D eigenvalue weighted by molar-refractivity contribution is -0.231. The maximum absolute atomic E-state index is 9.90. The number of nitrogens with zero attached hydrogens (tertiary/aromatic N) is 2. The minimum atomic E-state index is -1.09. The topological polar surface area (TPSA) is 66.3 Å². The molecule has 3 heterocycles. The number of hydrogen-bond donors (Lipinski definition) is 2. The minimum Gasteiger partial charge on any atom is -0.462 e. The fraction of sp³-hybridized carbons (Fsp3) is 0.571. The molecule has 2 fully saturated rings. The smallest absolute Gasteiger partial charge is 0.213 e. The summed E-state index contributed by atoms with van der Waals surface area (Å²) in [6.07, 6.45) is 9.47. The number of ether oxygens (including phenoxy) is 2. The van der Waals surface area contributed by atoms with Gasteiger partial charge in [0.15, 0.2) is 5.72 Å². The van der Waals surface area contributed by atoms with E-state index >= 15 is 0 Å². The largest absolute Gasteiger partial charge is 0.462 e. The Balaban J connectivity index is 1.28. The number of likely N-dealkylation sites (tertiary alicyclic amines) is 1. The SMILES string of the molecule is CC1(O)C=CC(c2ccc3c(c2)COC2(CCN(C4CCC4)CC2)O3)=NN1. The van der Waals surface area contributed by atoms with E-state index in [1.807, 2.05) is 18.2 Å². The van der Waals surface area contributed by atoms with E-state index in [9.17, 15) is 5.11 Å². The van der Waals surface area contributed by atoms with Crippen molar-refractivity contribution in [1.29, 1.82) is 0 Å². The van der Waals surface area contributed by atoms with E-state index in [0.29, 0.717) is 6.61 Å². The summed E-state index contributed by atoms with van der Waals surface area (Å²) >= 11 is 0. The number of rotatable bonds is 2. The number of fused-ring (bicyclic) bond motifs is 1. The van der Waals surface area contributed by atoms with Crippen molar-refractivity contribution in [2.45, 2.75) is 63.2 Å². The molecular weight excluding hydrogens is 342 g/mol. The third-order valence-electron chi connectivity index (χ3n) is 6.26. The molecule has 144 valence electrons. The van der Waals surface area contributed by atoms with Gasteiger partial charge in [0.05, 0.1) is 12.3 Å². The maximum atomic E-state index is 9.90. The van der Waals surface area contributed by atoms with E-state index in [0.717, 1.165) is 54.6 Å². The van der Waals surface area contributed by atoms with Gasteiger partial charge in [0.25, 0.3) is 0 Å². The van der Waals surface area contributed by atoms with Crippen molar-refractivity contribution in [3.05, 3.63) is 41.5 Å². The molecule has 0 aromatic heterocycles. The monoisotopic (exact) mass is 369 g/mol. The first kappa shape index (κ1) is 17.2. The summed E-state index contributed by atoms with van der Waals surface area (Å²) in [5, 5.41) is 14.2. The van der Waals surface area contributed by atoms with Crippen LogP contribution in [0, 0.1) is 0 Å². The van der Waals surface area contributed by atoms with E-state index in [2.05, 4.69) is 21.5 Å². The highest BCUT2D eigenvalue weighted by Crippen LogP contribution is 2.39. The number of hydrogen-bond acceptors (Lipinski definition) is 6. The molecule has 1 saturated carbocycles. The molecule has 1 aromatic rings. The summed E-state index contributed by atoms with van der Waals surface area (Å²) in [5.41, 5.74) is 4.47. The van der Waals surface area contributed by atoms with Crippen LogP contribution in [0.15, 0.2) is 35.5 Å². The van der Waals surface area contributed by atoms with Gasteiger partial charge in [0, 0.05) is 43.1 Å². The molecule has 1 aromatic carbocycles. The third-order valence-corrected chi connectivity index (χ3v) is 6.26. The number of hydrazone groups is 1.